The van der Waals surface area contributed by atoms with E-state index in [9.17, 15) is 28.8 Å². The van der Waals surface area contributed by atoms with Gasteiger partial charge in [0.25, 0.3) is 5.91 Å². The molecule has 238 valence electrons. The van der Waals surface area contributed by atoms with Crippen molar-refractivity contribution in [3.63, 3.8) is 0 Å². The molecule has 0 aliphatic carbocycles. The molecule has 1 aliphatic heterocycles. The molecule has 0 bridgehead atoms. The molecule has 0 spiro atoms. The average molecular weight is 611 g/mol. The van der Waals surface area contributed by atoms with Gasteiger partial charge in [-0.2, -0.15) is 8.78 Å². The summed E-state index contributed by atoms with van der Waals surface area (Å²) in [7, 11) is 0. The van der Waals surface area contributed by atoms with Gasteiger partial charge in [-0.05, 0) is 52.0 Å². The van der Waals surface area contributed by atoms with Crippen molar-refractivity contribution in [1.82, 2.24) is 20.9 Å². The Labute approximate surface area is 248 Å². The van der Waals surface area contributed by atoms with E-state index in [1.165, 1.54) is 17.0 Å². The number of ketones is 1. The molecule has 14 heteroatoms. The maximum Gasteiger partial charge on any atom is 0.408 e. The highest BCUT2D eigenvalue weighted by Crippen LogP contribution is 2.23. The molecule has 1 aliphatic rings. The van der Waals surface area contributed by atoms with E-state index < -0.39 is 83.6 Å². The van der Waals surface area contributed by atoms with Crippen LogP contribution >= 0.6 is 0 Å². The van der Waals surface area contributed by atoms with E-state index in [1.807, 2.05) is 0 Å². The maximum absolute atomic E-state index is 15.0. The monoisotopic (exact) mass is 610 g/mol. The van der Waals surface area contributed by atoms with Crippen molar-refractivity contribution in [1.29, 1.82) is 0 Å². The number of carbonyl (C=O) groups excluding carboxylic acids is 5. The van der Waals surface area contributed by atoms with Crippen molar-refractivity contribution in [3.05, 3.63) is 35.9 Å². The van der Waals surface area contributed by atoms with Crippen LogP contribution in [0.15, 0.2) is 30.3 Å². The lowest BCUT2D eigenvalue weighted by molar-refractivity contribution is -0.162. The zero-order valence-electron chi connectivity index (χ0n) is 25.1. The number of nitrogens with one attached hydrogen (secondary N) is 3. The molecule has 1 aromatic rings. The summed E-state index contributed by atoms with van der Waals surface area (Å²) in [5.41, 5.74) is -0.424. The van der Waals surface area contributed by atoms with Gasteiger partial charge in [0, 0.05) is 13.0 Å². The second-order valence-corrected chi connectivity index (χ2v) is 11.8. The van der Waals surface area contributed by atoms with Gasteiger partial charge in [0.05, 0.1) is 6.04 Å². The third-order valence-electron chi connectivity index (χ3n) is 6.67. The van der Waals surface area contributed by atoms with Gasteiger partial charge in [-0.25, -0.2) is 4.79 Å². The summed E-state index contributed by atoms with van der Waals surface area (Å²) >= 11 is 0. The summed E-state index contributed by atoms with van der Waals surface area (Å²) < 4.78 is 35.3. The van der Waals surface area contributed by atoms with Crippen LogP contribution in [0.5, 0.6) is 0 Å². The Kier molecular flexibility index (Phi) is 11.7. The highest BCUT2D eigenvalue weighted by molar-refractivity contribution is 6.11. The number of aliphatic carboxylic acids is 1. The van der Waals surface area contributed by atoms with Crippen LogP contribution in [0, 0.1) is 5.92 Å². The van der Waals surface area contributed by atoms with Crippen molar-refractivity contribution in [2.75, 3.05) is 6.54 Å². The molecule has 2 rings (SSSR count). The third-order valence-corrected chi connectivity index (χ3v) is 6.67. The number of Topliss-reactive ketones (excluding diaryl/α,β-unsaturated/α-hetero) is 1. The fourth-order valence-corrected chi connectivity index (χ4v) is 4.44. The number of alkyl carbamates (subject to hydrolysis) is 1. The van der Waals surface area contributed by atoms with Crippen molar-refractivity contribution in [3.8, 4) is 0 Å². The summed E-state index contributed by atoms with van der Waals surface area (Å²) in [6.45, 7) is 9.46. The number of nitrogens with zero attached hydrogens (tertiary/aromatic N) is 1. The fourth-order valence-electron chi connectivity index (χ4n) is 4.44. The first kappa shape index (κ1) is 35.1. The standard InChI is InChI=1S/C29H40F2N4O8/c1-16(2)21(34-27(42)43-28(4,5)6)24(38)35-14-10-13-20(35)23(37)33-19(15-18-11-8-7-9-12-18)22(36)29(30,31)26(41)32-17(3)25(39)40/h7-9,11-12,16-17,19-21H,10,13-15H2,1-6H3,(H,32,41)(H,33,37)(H,34,42)(H,39,40)/t17?,19?,20-,21-/m0/s1. The molecule has 1 heterocycles. The SMILES string of the molecule is CC(NC(=O)C(F)(F)C(=O)C(Cc1ccccc1)NC(=O)[C@@H]1CCCN1C(=O)[C@@H](NC(=O)OC(C)(C)C)C(C)C)C(=O)O. The number of amides is 4. The summed E-state index contributed by atoms with van der Waals surface area (Å²) in [6.07, 6.45) is -0.679. The van der Waals surface area contributed by atoms with Crippen LogP contribution in [0.3, 0.4) is 0 Å². The van der Waals surface area contributed by atoms with E-state index in [0.29, 0.717) is 12.0 Å². The van der Waals surface area contributed by atoms with Gasteiger partial charge in [0.1, 0.15) is 23.7 Å². The van der Waals surface area contributed by atoms with Crippen molar-refractivity contribution < 1.29 is 47.4 Å². The Morgan fingerprint density at radius 1 is 1.00 bits per heavy atom. The van der Waals surface area contributed by atoms with Crippen LogP contribution in [-0.2, 0) is 35.1 Å². The van der Waals surface area contributed by atoms with Crippen LogP contribution in [0.4, 0.5) is 13.6 Å². The lowest BCUT2D eigenvalue weighted by Crippen LogP contribution is -2.60. The number of carboxylic acid groups (broad SMARTS) is 1. The Balaban J connectivity index is 2.30. The van der Waals surface area contributed by atoms with Gasteiger partial charge in [-0.1, -0.05) is 44.2 Å². The summed E-state index contributed by atoms with van der Waals surface area (Å²) in [4.78, 5) is 76.9. The zero-order valence-corrected chi connectivity index (χ0v) is 25.1. The molecule has 0 radical (unpaired) electrons. The van der Waals surface area contributed by atoms with E-state index in [0.717, 1.165) is 6.92 Å². The minimum Gasteiger partial charge on any atom is -0.480 e. The van der Waals surface area contributed by atoms with E-state index >= 15 is 8.78 Å². The van der Waals surface area contributed by atoms with Gasteiger partial charge < -0.3 is 30.7 Å². The molecular weight excluding hydrogens is 570 g/mol. The van der Waals surface area contributed by atoms with Gasteiger partial charge in [-0.15, -0.1) is 0 Å². The number of carboxylic acids is 1. The largest absolute Gasteiger partial charge is 0.480 e. The van der Waals surface area contributed by atoms with Crippen LogP contribution in [0.1, 0.15) is 59.9 Å². The van der Waals surface area contributed by atoms with Crippen molar-refractivity contribution in [2.45, 2.75) is 96.5 Å². The molecule has 1 aromatic carbocycles. The number of carbonyl (C=O) groups is 6. The van der Waals surface area contributed by atoms with E-state index in [1.54, 1.807) is 58.1 Å². The topological polar surface area (TPSA) is 171 Å². The molecule has 0 saturated carbocycles. The maximum atomic E-state index is 15.0. The molecular formula is C29H40F2N4O8. The molecule has 4 amide bonds. The molecule has 1 saturated heterocycles. The Morgan fingerprint density at radius 2 is 1.60 bits per heavy atom. The number of hydrogen-bond donors (Lipinski definition) is 4. The second kappa shape index (κ2) is 14.4. The summed E-state index contributed by atoms with van der Waals surface area (Å²) in [6, 6.07) is 2.13. The summed E-state index contributed by atoms with van der Waals surface area (Å²) in [5, 5.41) is 15.4. The first-order valence-corrected chi connectivity index (χ1v) is 13.9. The summed E-state index contributed by atoms with van der Waals surface area (Å²) in [5.74, 6) is -12.2. The molecule has 1 fully saturated rings. The number of benzene rings is 1. The number of halogens is 2. The Morgan fingerprint density at radius 3 is 2.14 bits per heavy atom. The van der Waals surface area contributed by atoms with E-state index in [-0.39, 0.29) is 13.0 Å². The molecule has 0 aromatic heterocycles. The minimum absolute atomic E-state index is 0.138. The van der Waals surface area contributed by atoms with Gasteiger partial charge in [-0.3, -0.25) is 24.0 Å². The Hall–Kier alpha value is -4.10. The lowest BCUT2D eigenvalue weighted by Gasteiger charge is -2.32. The minimum atomic E-state index is -4.68. The van der Waals surface area contributed by atoms with E-state index in [2.05, 4.69) is 10.6 Å². The Bertz CT molecular complexity index is 1200. The number of likely N-dealkylation sites (tertiary alicyclic amines) is 1. The predicted molar refractivity (Wildman–Crippen MR) is 150 cm³/mol. The molecule has 4 atom stereocenters. The van der Waals surface area contributed by atoms with Gasteiger partial charge in [0.2, 0.25) is 17.6 Å². The first-order valence-electron chi connectivity index (χ1n) is 13.9. The highest BCUT2D eigenvalue weighted by Gasteiger charge is 2.51. The fraction of sp³-hybridized carbons (Fsp3) is 0.586. The zero-order chi connectivity index (χ0) is 32.7. The first-order chi connectivity index (χ1) is 19.8. The molecule has 43 heavy (non-hydrogen) atoms. The number of hydrogen-bond acceptors (Lipinski definition) is 7. The average Bonchev–Trinajstić information content (AvgIpc) is 3.40. The third kappa shape index (κ3) is 9.72. The molecule has 2 unspecified atom stereocenters. The lowest BCUT2D eigenvalue weighted by atomic mass is 9.97. The molecule has 4 N–H and O–H groups in total. The van der Waals surface area contributed by atoms with Crippen LogP contribution < -0.4 is 16.0 Å². The second-order valence-electron chi connectivity index (χ2n) is 11.8. The molecule has 12 nitrogen and oxygen atoms in total. The normalized spacial score (nSPS) is 17.4. The predicted octanol–water partition coefficient (Wildman–Crippen LogP) is 2.05. The quantitative estimate of drug-likeness (QED) is 0.261. The van der Waals surface area contributed by atoms with Gasteiger partial charge in [0.15, 0.2) is 0 Å². The van der Waals surface area contributed by atoms with Gasteiger partial charge >= 0.3 is 18.0 Å². The van der Waals surface area contributed by atoms with Crippen molar-refractivity contribution in [2.24, 2.45) is 5.92 Å². The number of rotatable bonds is 12. The highest BCUT2D eigenvalue weighted by atomic mass is 19.3. The number of ether oxygens (including phenoxy) is 1. The van der Waals surface area contributed by atoms with Crippen LogP contribution in [-0.4, -0.2) is 87.8 Å². The van der Waals surface area contributed by atoms with E-state index in [4.69, 9.17) is 9.84 Å². The number of alkyl halides is 2. The smallest absolute Gasteiger partial charge is 0.408 e. The van der Waals surface area contributed by atoms with Crippen molar-refractivity contribution >= 4 is 35.6 Å². The van der Waals surface area contributed by atoms with Crippen LogP contribution in [0.2, 0.25) is 0 Å². The van der Waals surface area contributed by atoms with Crippen LogP contribution in [0.25, 0.3) is 0 Å².